The Morgan fingerprint density at radius 2 is 2.00 bits per heavy atom. The normalized spacial score (nSPS) is 11.8. The fraction of sp³-hybridized carbons (Fsp3) is 0.273. The Kier molecular flexibility index (Phi) is 4.85. The molecule has 2 N–H and O–H groups in total. The quantitative estimate of drug-likeness (QED) is 0.812. The molecule has 1 amide bonds. The summed E-state index contributed by atoms with van der Waals surface area (Å²) in [5.74, 6) is -1.07. The maximum Gasteiger partial charge on any atom is 0.330 e. The minimum Gasteiger partial charge on any atom is -0.479 e. The van der Waals surface area contributed by atoms with Crippen molar-refractivity contribution in [2.24, 2.45) is 0 Å². The van der Waals surface area contributed by atoms with Gasteiger partial charge < -0.3 is 10.4 Å². The summed E-state index contributed by atoms with van der Waals surface area (Å²) >= 11 is 1.35. The third-order valence-electron chi connectivity index (χ3n) is 1.96. The molecule has 0 heterocycles. The highest BCUT2D eigenvalue weighted by Gasteiger charge is 2.21. The summed E-state index contributed by atoms with van der Waals surface area (Å²) in [6.07, 6.45) is 1.79. The standard InChI is InChI=1S/C11H13NO3S/c1-16-7-9(13)12-10(11(14)15)8-5-3-2-4-6-8/h2-6,10H,7H2,1H3,(H,12,13)(H,14,15). The van der Waals surface area contributed by atoms with Gasteiger partial charge in [-0.05, 0) is 11.8 Å². The van der Waals surface area contributed by atoms with Crippen molar-refractivity contribution in [3.05, 3.63) is 35.9 Å². The molecular formula is C11H13NO3S. The van der Waals surface area contributed by atoms with Gasteiger partial charge in [0.05, 0.1) is 5.75 Å². The molecule has 16 heavy (non-hydrogen) atoms. The molecule has 0 radical (unpaired) electrons. The first-order valence-corrected chi connectivity index (χ1v) is 6.10. The average molecular weight is 239 g/mol. The molecule has 0 aliphatic carbocycles. The smallest absolute Gasteiger partial charge is 0.330 e. The maximum absolute atomic E-state index is 11.3. The maximum atomic E-state index is 11.3. The number of thioether (sulfide) groups is 1. The zero-order valence-corrected chi connectivity index (χ0v) is 9.66. The van der Waals surface area contributed by atoms with Crippen LogP contribution in [0.15, 0.2) is 30.3 Å². The minimum atomic E-state index is -1.05. The Bertz CT molecular complexity index is 367. The molecule has 0 spiro atoms. The zero-order chi connectivity index (χ0) is 12.0. The van der Waals surface area contributed by atoms with Gasteiger partial charge in [-0.2, -0.15) is 11.8 Å². The van der Waals surface area contributed by atoms with Gasteiger partial charge in [0.15, 0.2) is 6.04 Å². The number of hydrogen-bond acceptors (Lipinski definition) is 3. The van der Waals surface area contributed by atoms with E-state index >= 15 is 0 Å². The van der Waals surface area contributed by atoms with Gasteiger partial charge in [-0.15, -0.1) is 0 Å². The van der Waals surface area contributed by atoms with Crippen molar-refractivity contribution in [3.63, 3.8) is 0 Å². The summed E-state index contributed by atoms with van der Waals surface area (Å²) in [6, 6.07) is 7.67. The lowest BCUT2D eigenvalue weighted by molar-refractivity contribution is -0.141. The fourth-order valence-electron chi connectivity index (χ4n) is 1.27. The highest BCUT2D eigenvalue weighted by atomic mass is 32.2. The van der Waals surface area contributed by atoms with Crippen LogP contribution in [0.2, 0.25) is 0 Å². The fourth-order valence-corrected chi connectivity index (χ4v) is 1.61. The second kappa shape index (κ2) is 6.17. The lowest BCUT2D eigenvalue weighted by Crippen LogP contribution is -2.34. The zero-order valence-electron chi connectivity index (χ0n) is 8.84. The molecule has 0 bridgehead atoms. The molecule has 0 saturated carbocycles. The number of hydrogen-bond donors (Lipinski definition) is 2. The van der Waals surface area contributed by atoms with E-state index in [1.54, 1.807) is 36.6 Å². The van der Waals surface area contributed by atoms with Gasteiger partial charge in [-0.3, -0.25) is 4.79 Å². The molecule has 0 aliphatic heterocycles. The van der Waals surface area contributed by atoms with Crippen molar-refractivity contribution in [3.8, 4) is 0 Å². The van der Waals surface area contributed by atoms with Crippen LogP contribution in [0.3, 0.4) is 0 Å². The number of rotatable bonds is 5. The predicted octanol–water partition coefficient (Wildman–Crippen LogP) is 1.29. The lowest BCUT2D eigenvalue weighted by atomic mass is 10.1. The molecule has 0 aromatic heterocycles. The van der Waals surface area contributed by atoms with Crippen molar-refractivity contribution in [1.29, 1.82) is 0 Å². The molecular weight excluding hydrogens is 226 g/mol. The molecule has 1 unspecified atom stereocenters. The second-order valence-corrected chi connectivity index (χ2v) is 4.05. The van der Waals surface area contributed by atoms with Crippen LogP contribution in [0.25, 0.3) is 0 Å². The SMILES string of the molecule is CSCC(=O)NC(C(=O)O)c1ccccc1. The van der Waals surface area contributed by atoms with Gasteiger partial charge in [-0.25, -0.2) is 4.79 Å². The third kappa shape index (κ3) is 3.58. The van der Waals surface area contributed by atoms with Crippen molar-refractivity contribution in [1.82, 2.24) is 5.32 Å². The number of amides is 1. The van der Waals surface area contributed by atoms with Crippen LogP contribution in [-0.4, -0.2) is 29.0 Å². The second-order valence-electron chi connectivity index (χ2n) is 3.18. The van der Waals surface area contributed by atoms with Crippen molar-refractivity contribution in [2.75, 3.05) is 12.0 Å². The van der Waals surface area contributed by atoms with Gasteiger partial charge in [0.1, 0.15) is 0 Å². The van der Waals surface area contributed by atoms with Crippen LogP contribution in [-0.2, 0) is 9.59 Å². The molecule has 5 heteroatoms. The van der Waals surface area contributed by atoms with E-state index in [1.165, 1.54) is 11.8 Å². The first-order chi connectivity index (χ1) is 7.65. The summed E-state index contributed by atoms with van der Waals surface area (Å²) < 4.78 is 0. The first-order valence-electron chi connectivity index (χ1n) is 4.71. The van der Waals surface area contributed by atoms with Gasteiger partial charge in [0.2, 0.25) is 5.91 Å². The first kappa shape index (κ1) is 12.6. The van der Waals surface area contributed by atoms with Crippen LogP contribution < -0.4 is 5.32 Å². The number of carbonyl (C=O) groups is 2. The molecule has 1 aromatic rings. The molecule has 0 aliphatic rings. The van der Waals surface area contributed by atoms with Crippen LogP contribution in [0.5, 0.6) is 0 Å². The Labute approximate surface area is 98.0 Å². The average Bonchev–Trinajstić information content (AvgIpc) is 2.27. The van der Waals surface area contributed by atoms with Crippen molar-refractivity contribution < 1.29 is 14.7 Å². The summed E-state index contributed by atoms with van der Waals surface area (Å²) in [6.45, 7) is 0. The minimum absolute atomic E-state index is 0.261. The van der Waals surface area contributed by atoms with Crippen molar-refractivity contribution in [2.45, 2.75) is 6.04 Å². The number of carbonyl (C=O) groups excluding carboxylic acids is 1. The van der Waals surface area contributed by atoms with E-state index in [9.17, 15) is 9.59 Å². The van der Waals surface area contributed by atoms with E-state index in [1.807, 2.05) is 0 Å². The highest BCUT2D eigenvalue weighted by molar-refractivity contribution is 7.99. The topological polar surface area (TPSA) is 66.4 Å². The third-order valence-corrected chi connectivity index (χ3v) is 2.51. The van der Waals surface area contributed by atoms with E-state index in [2.05, 4.69) is 5.32 Å². The summed E-state index contributed by atoms with van der Waals surface area (Å²) in [5, 5.41) is 11.5. The molecule has 0 saturated heterocycles. The summed E-state index contributed by atoms with van der Waals surface area (Å²) in [5.41, 5.74) is 0.574. The Hall–Kier alpha value is -1.49. The van der Waals surface area contributed by atoms with Gasteiger partial charge >= 0.3 is 5.97 Å². The van der Waals surface area contributed by atoms with Gasteiger partial charge in [-0.1, -0.05) is 30.3 Å². The summed E-state index contributed by atoms with van der Waals surface area (Å²) in [7, 11) is 0. The van der Waals surface area contributed by atoms with E-state index in [-0.39, 0.29) is 11.7 Å². The molecule has 1 atom stereocenters. The Morgan fingerprint density at radius 3 is 2.50 bits per heavy atom. The number of benzene rings is 1. The monoisotopic (exact) mass is 239 g/mol. The Balaban J connectivity index is 2.77. The predicted molar refractivity (Wildman–Crippen MR) is 63.3 cm³/mol. The van der Waals surface area contributed by atoms with Crippen LogP contribution >= 0.6 is 11.8 Å². The highest BCUT2D eigenvalue weighted by Crippen LogP contribution is 2.12. The molecule has 86 valence electrons. The van der Waals surface area contributed by atoms with E-state index in [4.69, 9.17) is 5.11 Å². The van der Waals surface area contributed by atoms with Crippen LogP contribution in [0, 0.1) is 0 Å². The molecule has 1 rings (SSSR count). The van der Waals surface area contributed by atoms with Gasteiger partial charge in [0.25, 0.3) is 0 Å². The van der Waals surface area contributed by atoms with E-state index < -0.39 is 12.0 Å². The molecule has 0 fully saturated rings. The Morgan fingerprint density at radius 1 is 1.38 bits per heavy atom. The van der Waals surface area contributed by atoms with Crippen LogP contribution in [0.4, 0.5) is 0 Å². The van der Waals surface area contributed by atoms with E-state index in [0.29, 0.717) is 5.56 Å². The molecule has 1 aromatic carbocycles. The number of nitrogens with one attached hydrogen (secondary N) is 1. The molecule has 4 nitrogen and oxygen atoms in total. The number of carboxylic acid groups (broad SMARTS) is 1. The van der Waals surface area contributed by atoms with Crippen LogP contribution in [0.1, 0.15) is 11.6 Å². The summed E-state index contributed by atoms with van der Waals surface area (Å²) in [4.78, 5) is 22.4. The largest absolute Gasteiger partial charge is 0.479 e. The number of aliphatic carboxylic acids is 1. The van der Waals surface area contributed by atoms with E-state index in [0.717, 1.165) is 0 Å². The van der Waals surface area contributed by atoms with Gasteiger partial charge in [0, 0.05) is 0 Å². The lowest BCUT2D eigenvalue weighted by Gasteiger charge is -2.14. The number of carboxylic acids is 1. The van der Waals surface area contributed by atoms with Crippen molar-refractivity contribution >= 4 is 23.6 Å².